The Balaban J connectivity index is 1.51. The maximum atomic E-state index is 13.3. The molecule has 1 amide bonds. The quantitative estimate of drug-likeness (QED) is 0.534. The van der Waals surface area contributed by atoms with E-state index in [0.29, 0.717) is 18.8 Å². The zero-order valence-corrected chi connectivity index (χ0v) is 17.9. The number of rotatable bonds is 8. The first-order valence-corrected chi connectivity index (χ1v) is 11.1. The number of carbonyl (C=O) groups excluding carboxylic acids is 1. The molecule has 0 saturated carbocycles. The molecule has 1 unspecified atom stereocenters. The van der Waals surface area contributed by atoms with Crippen LogP contribution in [-0.4, -0.2) is 42.2 Å². The monoisotopic (exact) mass is 422 g/mol. The van der Waals surface area contributed by atoms with E-state index in [1.54, 1.807) is 7.11 Å². The first-order chi connectivity index (χ1) is 14.7. The van der Waals surface area contributed by atoms with Crippen molar-refractivity contribution < 1.29 is 14.3 Å². The van der Waals surface area contributed by atoms with Gasteiger partial charge >= 0.3 is 0 Å². The van der Waals surface area contributed by atoms with Gasteiger partial charge < -0.3 is 14.4 Å². The highest BCUT2D eigenvalue weighted by Gasteiger charge is 2.25. The summed E-state index contributed by atoms with van der Waals surface area (Å²) in [5.41, 5.74) is 2.73. The Hall–Kier alpha value is -2.70. The summed E-state index contributed by atoms with van der Waals surface area (Å²) < 4.78 is 11.1. The predicted octanol–water partition coefficient (Wildman–Crippen LogP) is 4.56. The molecule has 4 rings (SSSR count). The average molecular weight is 423 g/mol. The number of hydrogen-bond donors (Lipinski definition) is 0. The van der Waals surface area contributed by atoms with Crippen molar-refractivity contribution >= 4 is 17.2 Å². The highest BCUT2D eigenvalue weighted by atomic mass is 32.1. The molecule has 0 N–H and O–H groups in total. The van der Waals surface area contributed by atoms with Gasteiger partial charge in [0.05, 0.1) is 18.2 Å². The minimum atomic E-state index is -0.0520. The van der Waals surface area contributed by atoms with E-state index in [1.807, 2.05) is 52.7 Å². The molecule has 1 aliphatic rings. The van der Waals surface area contributed by atoms with Crippen LogP contribution in [0, 0.1) is 0 Å². The Kier molecular flexibility index (Phi) is 6.77. The molecule has 2 aromatic carbocycles. The lowest BCUT2D eigenvalue weighted by molar-refractivity contribution is 0.0503. The fraction of sp³-hybridized carbons (Fsp3) is 0.333. The summed E-state index contributed by atoms with van der Waals surface area (Å²) in [5.74, 6) is 0.736. The van der Waals surface area contributed by atoms with Crippen LogP contribution in [0.4, 0.5) is 0 Å². The third-order valence-electron chi connectivity index (χ3n) is 5.21. The maximum Gasteiger partial charge on any atom is 0.273 e. The fourth-order valence-electron chi connectivity index (χ4n) is 3.67. The van der Waals surface area contributed by atoms with Crippen LogP contribution in [-0.2, 0) is 17.7 Å². The van der Waals surface area contributed by atoms with E-state index in [2.05, 4.69) is 17.1 Å². The van der Waals surface area contributed by atoms with E-state index >= 15 is 0 Å². The molecule has 0 radical (unpaired) electrons. The van der Waals surface area contributed by atoms with E-state index < -0.39 is 0 Å². The summed E-state index contributed by atoms with van der Waals surface area (Å²) in [6, 6.07) is 18.0. The van der Waals surface area contributed by atoms with Crippen LogP contribution in [0.3, 0.4) is 0 Å². The minimum absolute atomic E-state index is 0.0520. The molecule has 1 atom stereocenters. The lowest BCUT2D eigenvalue weighted by atomic mass is 10.1. The average Bonchev–Trinajstić information content (AvgIpc) is 3.46. The van der Waals surface area contributed by atoms with Crippen molar-refractivity contribution in [2.24, 2.45) is 0 Å². The molecule has 5 nitrogen and oxygen atoms in total. The summed E-state index contributed by atoms with van der Waals surface area (Å²) >= 11 is 1.54. The first kappa shape index (κ1) is 20.6. The number of benzene rings is 2. The Labute approximate surface area is 181 Å². The summed E-state index contributed by atoms with van der Waals surface area (Å²) in [6.45, 7) is 1.84. The van der Waals surface area contributed by atoms with Crippen molar-refractivity contribution in [3.8, 4) is 5.75 Å². The molecule has 30 heavy (non-hydrogen) atoms. The lowest BCUT2D eigenvalue weighted by Gasteiger charge is -2.25. The summed E-state index contributed by atoms with van der Waals surface area (Å²) in [7, 11) is 1.65. The van der Waals surface area contributed by atoms with E-state index in [9.17, 15) is 4.79 Å². The van der Waals surface area contributed by atoms with Gasteiger partial charge in [0.15, 0.2) is 0 Å². The number of ether oxygens (including phenoxy) is 2. The van der Waals surface area contributed by atoms with Crippen molar-refractivity contribution in [3.63, 3.8) is 0 Å². The van der Waals surface area contributed by atoms with Gasteiger partial charge in [-0.2, -0.15) is 0 Å². The third-order valence-corrected chi connectivity index (χ3v) is 6.06. The molecule has 156 valence electrons. The second-order valence-electron chi connectivity index (χ2n) is 7.46. The SMILES string of the molecule is COc1cccc(CN(CC2CCCO2)C(=O)c2csc(Cc3ccccc3)n2)c1. The number of aromatic nitrogens is 1. The van der Waals surface area contributed by atoms with Gasteiger partial charge in [0.2, 0.25) is 0 Å². The molecule has 1 aromatic heterocycles. The molecule has 1 aliphatic heterocycles. The molecular weight excluding hydrogens is 396 g/mol. The Morgan fingerprint density at radius 3 is 2.80 bits per heavy atom. The second kappa shape index (κ2) is 9.87. The van der Waals surface area contributed by atoms with Gasteiger partial charge in [-0.15, -0.1) is 11.3 Å². The first-order valence-electron chi connectivity index (χ1n) is 10.2. The zero-order chi connectivity index (χ0) is 20.8. The number of amides is 1. The van der Waals surface area contributed by atoms with E-state index in [4.69, 9.17) is 9.47 Å². The smallest absolute Gasteiger partial charge is 0.273 e. The largest absolute Gasteiger partial charge is 0.497 e. The van der Waals surface area contributed by atoms with Crippen molar-refractivity contribution in [3.05, 3.63) is 81.8 Å². The van der Waals surface area contributed by atoms with Crippen LogP contribution in [0.2, 0.25) is 0 Å². The number of thiazole rings is 1. The number of carbonyl (C=O) groups is 1. The van der Waals surface area contributed by atoms with Crippen LogP contribution in [0.15, 0.2) is 60.0 Å². The molecule has 3 aromatic rings. The summed E-state index contributed by atoms with van der Waals surface area (Å²) in [6.07, 6.45) is 2.85. The number of hydrogen-bond acceptors (Lipinski definition) is 5. The maximum absolute atomic E-state index is 13.3. The molecular formula is C24H26N2O3S. The van der Waals surface area contributed by atoms with Crippen LogP contribution in [0.1, 0.15) is 39.5 Å². The van der Waals surface area contributed by atoms with Crippen LogP contribution < -0.4 is 4.74 Å². The topological polar surface area (TPSA) is 51.7 Å². The second-order valence-corrected chi connectivity index (χ2v) is 8.40. The van der Waals surface area contributed by atoms with Gasteiger partial charge in [0.25, 0.3) is 5.91 Å². The zero-order valence-electron chi connectivity index (χ0n) is 17.1. The van der Waals surface area contributed by atoms with Crippen molar-refractivity contribution in [2.75, 3.05) is 20.3 Å². The van der Waals surface area contributed by atoms with E-state index in [0.717, 1.165) is 42.2 Å². The van der Waals surface area contributed by atoms with Gasteiger partial charge in [-0.3, -0.25) is 4.79 Å². The van der Waals surface area contributed by atoms with Gasteiger partial charge in [0.1, 0.15) is 11.4 Å². The Morgan fingerprint density at radius 2 is 2.03 bits per heavy atom. The molecule has 0 bridgehead atoms. The highest BCUT2D eigenvalue weighted by Crippen LogP contribution is 2.21. The van der Waals surface area contributed by atoms with Gasteiger partial charge in [-0.05, 0) is 36.1 Å². The van der Waals surface area contributed by atoms with Crippen molar-refractivity contribution in [1.29, 1.82) is 0 Å². The Morgan fingerprint density at radius 1 is 1.20 bits per heavy atom. The summed E-state index contributed by atoms with van der Waals surface area (Å²) in [4.78, 5) is 19.8. The van der Waals surface area contributed by atoms with Crippen molar-refractivity contribution in [1.82, 2.24) is 9.88 Å². The normalized spacial score (nSPS) is 15.8. The van der Waals surface area contributed by atoms with Crippen LogP contribution >= 0.6 is 11.3 Å². The van der Waals surface area contributed by atoms with Gasteiger partial charge in [-0.1, -0.05) is 42.5 Å². The third kappa shape index (κ3) is 5.26. The van der Waals surface area contributed by atoms with Gasteiger partial charge in [0, 0.05) is 31.5 Å². The molecule has 1 fully saturated rings. The number of methoxy groups -OCH3 is 1. The minimum Gasteiger partial charge on any atom is -0.497 e. The Bertz CT molecular complexity index is 967. The van der Waals surface area contributed by atoms with Gasteiger partial charge in [-0.25, -0.2) is 4.98 Å². The number of nitrogens with zero attached hydrogens (tertiary/aromatic N) is 2. The van der Waals surface area contributed by atoms with E-state index in [-0.39, 0.29) is 12.0 Å². The molecule has 6 heteroatoms. The van der Waals surface area contributed by atoms with E-state index in [1.165, 1.54) is 16.9 Å². The molecule has 2 heterocycles. The van der Waals surface area contributed by atoms with Crippen LogP contribution in [0.5, 0.6) is 5.75 Å². The molecule has 1 saturated heterocycles. The predicted molar refractivity (Wildman–Crippen MR) is 118 cm³/mol. The highest BCUT2D eigenvalue weighted by molar-refractivity contribution is 7.09. The lowest BCUT2D eigenvalue weighted by Crippen LogP contribution is -2.37. The molecule has 0 spiro atoms. The molecule has 0 aliphatic carbocycles. The summed E-state index contributed by atoms with van der Waals surface area (Å²) in [5, 5.41) is 2.82. The fourth-order valence-corrected chi connectivity index (χ4v) is 4.47. The standard InChI is InChI=1S/C24H26N2O3S/c1-28-20-10-5-9-19(13-20)15-26(16-21-11-6-12-29-21)24(27)22-17-30-23(25-22)14-18-7-3-2-4-8-18/h2-5,7-10,13,17,21H,6,11-12,14-16H2,1H3. The van der Waals surface area contributed by atoms with Crippen LogP contribution in [0.25, 0.3) is 0 Å². The van der Waals surface area contributed by atoms with Crippen molar-refractivity contribution in [2.45, 2.75) is 31.9 Å².